The number of nitrogens with one attached hydrogen (secondary N) is 2. The SMILES string of the molecule is Cc1ncoc1C(=O)NC(C)c1ncc[nH]1. The number of aromatic nitrogens is 3. The number of hydrogen-bond acceptors (Lipinski definition) is 4. The van der Waals surface area contributed by atoms with E-state index >= 15 is 0 Å². The lowest BCUT2D eigenvalue weighted by Gasteiger charge is -2.09. The number of nitrogens with zero attached hydrogens (tertiary/aromatic N) is 2. The molecule has 0 bridgehead atoms. The maximum atomic E-state index is 11.7. The summed E-state index contributed by atoms with van der Waals surface area (Å²) in [5.41, 5.74) is 0.573. The van der Waals surface area contributed by atoms with Crippen LogP contribution in [0.2, 0.25) is 0 Å². The number of aromatic amines is 1. The Hall–Kier alpha value is -2.11. The highest BCUT2D eigenvalue weighted by Crippen LogP contribution is 2.09. The van der Waals surface area contributed by atoms with E-state index in [-0.39, 0.29) is 17.7 Å². The second-order valence-electron chi connectivity index (χ2n) is 3.44. The first-order chi connectivity index (χ1) is 7.68. The van der Waals surface area contributed by atoms with Crippen LogP contribution in [-0.4, -0.2) is 20.9 Å². The van der Waals surface area contributed by atoms with Gasteiger partial charge in [0.15, 0.2) is 6.39 Å². The molecule has 2 N–H and O–H groups in total. The molecule has 2 aromatic heterocycles. The highest BCUT2D eigenvalue weighted by molar-refractivity contribution is 5.92. The normalized spacial score (nSPS) is 12.4. The zero-order chi connectivity index (χ0) is 11.5. The molecule has 0 saturated heterocycles. The number of aryl methyl sites for hydroxylation is 1. The molecule has 16 heavy (non-hydrogen) atoms. The molecule has 0 fully saturated rings. The number of amides is 1. The smallest absolute Gasteiger partial charge is 0.289 e. The number of oxazole rings is 1. The minimum atomic E-state index is -0.293. The Bertz CT molecular complexity index is 475. The molecule has 6 heteroatoms. The van der Waals surface area contributed by atoms with Crippen LogP contribution in [0.15, 0.2) is 23.2 Å². The maximum absolute atomic E-state index is 11.7. The Kier molecular flexibility index (Phi) is 2.72. The van der Waals surface area contributed by atoms with Gasteiger partial charge in [-0.05, 0) is 13.8 Å². The number of imidazole rings is 1. The molecule has 2 rings (SSSR count). The van der Waals surface area contributed by atoms with Crippen LogP contribution in [0.4, 0.5) is 0 Å². The van der Waals surface area contributed by atoms with Crippen molar-refractivity contribution in [3.05, 3.63) is 36.1 Å². The molecule has 6 nitrogen and oxygen atoms in total. The van der Waals surface area contributed by atoms with Crippen LogP contribution in [0.5, 0.6) is 0 Å². The summed E-state index contributed by atoms with van der Waals surface area (Å²) in [7, 11) is 0. The molecular weight excluding hydrogens is 208 g/mol. The fourth-order valence-corrected chi connectivity index (χ4v) is 1.36. The summed E-state index contributed by atoms with van der Waals surface area (Å²) in [5, 5.41) is 2.76. The van der Waals surface area contributed by atoms with Crippen LogP contribution in [0.1, 0.15) is 35.0 Å². The van der Waals surface area contributed by atoms with Crippen molar-refractivity contribution in [2.45, 2.75) is 19.9 Å². The van der Waals surface area contributed by atoms with Gasteiger partial charge in [0.2, 0.25) is 5.76 Å². The van der Waals surface area contributed by atoms with Crippen LogP contribution in [-0.2, 0) is 0 Å². The van der Waals surface area contributed by atoms with E-state index in [1.54, 1.807) is 19.3 Å². The van der Waals surface area contributed by atoms with E-state index < -0.39 is 0 Å². The third-order valence-corrected chi connectivity index (χ3v) is 2.23. The van der Waals surface area contributed by atoms with Crippen LogP contribution < -0.4 is 5.32 Å². The molecular formula is C10H12N4O2. The lowest BCUT2D eigenvalue weighted by Crippen LogP contribution is -2.27. The minimum Gasteiger partial charge on any atom is -0.438 e. The Morgan fingerprint density at radius 1 is 1.56 bits per heavy atom. The van der Waals surface area contributed by atoms with Gasteiger partial charge in [0.1, 0.15) is 5.82 Å². The second kappa shape index (κ2) is 4.18. The highest BCUT2D eigenvalue weighted by atomic mass is 16.3. The van der Waals surface area contributed by atoms with E-state index in [1.807, 2.05) is 6.92 Å². The lowest BCUT2D eigenvalue weighted by atomic mass is 10.3. The van der Waals surface area contributed by atoms with Crippen LogP contribution in [0.3, 0.4) is 0 Å². The topological polar surface area (TPSA) is 83.8 Å². The van der Waals surface area contributed by atoms with Gasteiger partial charge in [-0.3, -0.25) is 4.79 Å². The van der Waals surface area contributed by atoms with E-state index in [2.05, 4.69) is 20.3 Å². The molecule has 0 aliphatic carbocycles. The van der Waals surface area contributed by atoms with Gasteiger partial charge < -0.3 is 14.7 Å². The standard InChI is InChI=1S/C10H12N4O2/c1-6-8(16-5-13-6)10(15)14-7(2)9-11-3-4-12-9/h3-5,7H,1-2H3,(H,11,12)(H,14,15). The molecule has 1 unspecified atom stereocenters. The molecule has 2 heterocycles. The summed E-state index contributed by atoms with van der Waals surface area (Å²) in [6, 6.07) is -0.202. The number of H-pyrrole nitrogens is 1. The molecule has 0 spiro atoms. The van der Waals surface area contributed by atoms with Crippen LogP contribution >= 0.6 is 0 Å². The predicted molar refractivity (Wildman–Crippen MR) is 55.7 cm³/mol. The molecule has 1 atom stereocenters. The third-order valence-electron chi connectivity index (χ3n) is 2.23. The molecule has 2 aromatic rings. The molecule has 0 radical (unpaired) electrons. The van der Waals surface area contributed by atoms with Crippen LogP contribution in [0.25, 0.3) is 0 Å². The van der Waals surface area contributed by atoms with Gasteiger partial charge in [0.05, 0.1) is 11.7 Å². The van der Waals surface area contributed by atoms with Gasteiger partial charge in [-0.2, -0.15) is 0 Å². The first-order valence-corrected chi connectivity index (χ1v) is 4.88. The number of carbonyl (C=O) groups excluding carboxylic acids is 1. The summed E-state index contributed by atoms with van der Waals surface area (Å²) >= 11 is 0. The quantitative estimate of drug-likeness (QED) is 0.813. The fraction of sp³-hybridized carbons (Fsp3) is 0.300. The van der Waals surface area contributed by atoms with Crippen LogP contribution in [0, 0.1) is 6.92 Å². The van der Waals surface area contributed by atoms with E-state index in [9.17, 15) is 4.79 Å². The van der Waals surface area contributed by atoms with Crippen molar-refractivity contribution >= 4 is 5.91 Å². The van der Waals surface area contributed by atoms with Crippen molar-refractivity contribution < 1.29 is 9.21 Å². The van der Waals surface area contributed by atoms with Gasteiger partial charge >= 0.3 is 0 Å². The number of hydrogen-bond donors (Lipinski definition) is 2. The first kappa shape index (κ1) is 10.4. The van der Waals surface area contributed by atoms with Crippen molar-refractivity contribution in [1.29, 1.82) is 0 Å². The van der Waals surface area contributed by atoms with Crippen molar-refractivity contribution in [2.75, 3.05) is 0 Å². The summed E-state index contributed by atoms with van der Waals surface area (Å²) in [6.45, 7) is 3.55. The molecule has 1 amide bonds. The zero-order valence-electron chi connectivity index (χ0n) is 9.02. The monoisotopic (exact) mass is 220 g/mol. The van der Waals surface area contributed by atoms with Crippen molar-refractivity contribution in [3.8, 4) is 0 Å². The highest BCUT2D eigenvalue weighted by Gasteiger charge is 2.17. The summed E-state index contributed by atoms with van der Waals surface area (Å²) in [4.78, 5) is 22.6. The summed E-state index contributed by atoms with van der Waals surface area (Å²) < 4.78 is 4.99. The molecule has 0 aromatic carbocycles. The van der Waals surface area contributed by atoms with E-state index in [0.29, 0.717) is 11.5 Å². The van der Waals surface area contributed by atoms with Gasteiger partial charge in [-0.1, -0.05) is 0 Å². The average molecular weight is 220 g/mol. The number of carbonyl (C=O) groups is 1. The first-order valence-electron chi connectivity index (χ1n) is 4.88. The average Bonchev–Trinajstić information content (AvgIpc) is 2.86. The molecule has 0 saturated carbocycles. The van der Waals surface area contributed by atoms with Crippen molar-refractivity contribution in [1.82, 2.24) is 20.3 Å². The number of rotatable bonds is 3. The van der Waals surface area contributed by atoms with Crippen molar-refractivity contribution in [2.24, 2.45) is 0 Å². The maximum Gasteiger partial charge on any atom is 0.289 e. The molecule has 0 aliphatic rings. The predicted octanol–water partition coefficient (Wildman–Crippen LogP) is 1.20. The van der Waals surface area contributed by atoms with Gasteiger partial charge in [0, 0.05) is 12.4 Å². The second-order valence-corrected chi connectivity index (χ2v) is 3.44. The summed E-state index contributed by atoms with van der Waals surface area (Å²) in [5.74, 6) is 0.642. The zero-order valence-corrected chi connectivity index (χ0v) is 9.02. The van der Waals surface area contributed by atoms with E-state index in [0.717, 1.165) is 0 Å². The van der Waals surface area contributed by atoms with Gasteiger partial charge in [0.25, 0.3) is 5.91 Å². The van der Waals surface area contributed by atoms with E-state index in [1.165, 1.54) is 6.39 Å². The Balaban J connectivity index is 2.06. The van der Waals surface area contributed by atoms with Crippen molar-refractivity contribution in [3.63, 3.8) is 0 Å². The Labute approximate surface area is 92.1 Å². The lowest BCUT2D eigenvalue weighted by molar-refractivity contribution is 0.0909. The molecule has 84 valence electrons. The Morgan fingerprint density at radius 3 is 2.94 bits per heavy atom. The van der Waals surface area contributed by atoms with E-state index in [4.69, 9.17) is 4.42 Å². The molecule has 0 aliphatic heterocycles. The summed E-state index contributed by atoms with van der Waals surface area (Å²) in [6.07, 6.45) is 4.59. The van der Waals surface area contributed by atoms with Gasteiger partial charge in [-0.15, -0.1) is 0 Å². The third kappa shape index (κ3) is 1.95. The minimum absolute atomic E-state index is 0.202. The van der Waals surface area contributed by atoms with Gasteiger partial charge in [-0.25, -0.2) is 9.97 Å². The largest absolute Gasteiger partial charge is 0.438 e. The fourth-order valence-electron chi connectivity index (χ4n) is 1.36. The Morgan fingerprint density at radius 2 is 2.38 bits per heavy atom.